The molecule has 2 N–H and O–H groups in total. The first kappa shape index (κ1) is 23.3. The minimum Gasteiger partial charge on any atom is -0.480 e. The second-order valence-corrected chi connectivity index (χ2v) is 11.0. The van der Waals surface area contributed by atoms with Crippen LogP contribution in [0, 0.1) is 0 Å². The Kier molecular flexibility index (Phi) is 6.51. The molecule has 2 aromatic rings. The summed E-state index contributed by atoms with van der Waals surface area (Å²) in [4.78, 5) is 25.1. The van der Waals surface area contributed by atoms with Gasteiger partial charge in [-0.05, 0) is 53.3 Å². The lowest BCUT2D eigenvalue weighted by atomic mass is 9.78. The van der Waals surface area contributed by atoms with Gasteiger partial charge in [-0.25, -0.2) is 0 Å². The molecule has 0 spiro atoms. The van der Waals surface area contributed by atoms with Gasteiger partial charge in [-0.1, -0.05) is 59.7 Å². The summed E-state index contributed by atoms with van der Waals surface area (Å²) in [7, 11) is 0. The molecule has 0 amide bonds. The van der Waals surface area contributed by atoms with Crippen LogP contribution in [0.5, 0.6) is 0 Å². The van der Waals surface area contributed by atoms with E-state index in [0.717, 1.165) is 19.3 Å². The Balaban J connectivity index is 1.93. The van der Waals surface area contributed by atoms with Gasteiger partial charge < -0.3 is 9.63 Å². The number of carboxylic acid groups (broad SMARTS) is 1. The Bertz CT molecular complexity index is 942. The van der Waals surface area contributed by atoms with Crippen molar-refractivity contribution in [1.29, 1.82) is 0 Å². The van der Waals surface area contributed by atoms with Crippen molar-refractivity contribution >= 4 is 5.97 Å². The highest BCUT2D eigenvalue weighted by Crippen LogP contribution is 2.35. The molecule has 1 aromatic heterocycles. The first-order valence-corrected chi connectivity index (χ1v) is 11.1. The Morgan fingerprint density at radius 1 is 1.10 bits per heavy atom. The van der Waals surface area contributed by atoms with Crippen molar-refractivity contribution in [3.05, 3.63) is 57.1 Å². The molecule has 0 aliphatic carbocycles. The van der Waals surface area contributed by atoms with Crippen LogP contribution in [0.2, 0.25) is 0 Å². The van der Waals surface area contributed by atoms with Crippen LogP contribution in [-0.4, -0.2) is 40.3 Å². The third kappa shape index (κ3) is 5.88. The van der Waals surface area contributed by atoms with Crippen LogP contribution in [-0.2, 0) is 22.0 Å². The van der Waals surface area contributed by atoms with Crippen LogP contribution in [0.15, 0.2) is 33.6 Å². The first-order valence-electron chi connectivity index (χ1n) is 11.1. The highest BCUT2D eigenvalue weighted by Gasteiger charge is 2.33. The first-order chi connectivity index (χ1) is 14.3. The third-order valence-corrected chi connectivity index (χ3v) is 6.32. The van der Waals surface area contributed by atoms with Crippen molar-refractivity contribution in [2.45, 2.75) is 83.6 Å². The molecule has 6 heteroatoms. The molecule has 0 bridgehead atoms. The largest absolute Gasteiger partial charge is 0.480 e. The SMILES string of the molecule is CC(C)(C)c1cc(CC2CC(c3cc(=O)[nH]o3)CCN2CC(=O)O)cc(C(C)(C)C)c1. The predicted molar refractivity (Wildman–Crippen MR) is 122 cm³/mol. The number of aromatic nitrogens is 1. The summed E-state index contributed by atoms with van der Waals surface area (Å²) < 4.78 is 5.37. The van der Waals surface area contributed by atoms with Crippen molar-refractivity contribution < 1.29 is 14.4 Å². The Labute approximate surface area is 184 Å². The molecule has 2 heterocycles. The van der Waals surface area contributed by atoms with E-state index in [2.05, 4.69) is 69.8 Å². The summed E-state index contributed by atoms with van der Waals surface area (Å²) >= 11 is 0. The molecular formula is C25H36N2O4. The standard InChI is InChI=1S/C25H36N2O4/c1-24(2,3)18-9-16(10-19(13-18)25(4,5)6)11-20-12-17(21-14-22(28)26-31-21)7-8-27(20)15-23(29)30/h9-10,13-14,17,20H,7-8,11-12,15H2,1-6H3,(H,26,28)(H,29,30). The molecule has 31 heavy (non-hydrogen) atoms. The van der Waals surface area contributed by atoms with Gasteiger partial charge in [-0.3, -0.25) is 14.5 Å². The number of H-pyrrole nitrogens is 1. The lowest BCUT2D eigenvalue weighted by Crippen LogP contribution is -2.45. The normalized spacial score (nSPS) is 20.7. The van der Waals surface area contributed by atoms with E-state index in [9.17, 15) is 14.7 Å². The fraction of sp³-hybridized carbons (Fsp3) is 0.600. The number of carbonyl (C=O) groups is 1. The Morgan fingerprint density at radius 2 is 1.71 bits per heavy atom. The number of carboxylic acids is 1. The quantitative estimate of drug-likeness (QED) is 0.735. The molecule has 0 radical (unpaired) electrons. The maximum Gasteiger partial charge on any atom is 0.317 e. The van der Waals surface area contributed by atoms with Crippen molar-refractivity contribution in [1.82, 2.24) is 10.1 Å². The Morgan fingerprint density at radius 3 is 2.19 bits per heavy atom. The van der Waals surface area contributed by atoms with Crippen molar-refractivity contribution in [2.24, 2.45) is 0 Å². The number of nitrogens with one attached hydrogen (secondary N) is 1. The average molecular weight is 429 g/mol. The Hall–Kier alpha value is -2.34. The monoisotopic (exact) mass is 428 g/mol. The number of likely N-dealkylation sites (tertiary alicyclic amines) is 1. The lowest BCUT2D eigenvalue weighted by molar-refractivity contribution is -0.139. The summed E-state index contributed by atoms with van der Waals surface area (Å²) in [5.74, 6) is -0.0267. The zero-order valence-electron chi connectivity index (χ0n) is 19.6. The van der Waals surface area contributed by atoms with E-state index in [0.29, 0.717) is 12.3 Å². The summed E-state index contributed by atoms with van der Waals surface area (Å²) in [6.07, 6.45) is 2.31. The number of hydrogen-bond acceptors (Lipinski definition) is 4. The zero-order valence-corrected chi connectivity index (χ0v) is 19.6. The maximum atomic E-state index is 11.5. The fourth-order valence-corrected chi connectivity index (χ4v) is 4.40. The fourth-order valence-electron chi connectivity index (χ4n) is 4.40. The molecule has 6 nitrogen and oxygen atoms in total. The number of hydrogen-bond donors (Lipinski definition) is 2. The predicted octanol–water partition coefficient (Wildman–Crippen LogP) is 4.44. The smallest absolute Gasteiger partial charge is 0.317 e. The van der Waals surface area contributed by atoms with E-state index in [4.69, 9.17) is 4.52 Å². The molecule has 1 saturated heterocycles. The second-order valence-electron chi connectivity index (χ2n) is 11.0. The van der Waals surface area contributed by atoms with Crippen LogP contribution in [0.3, 0.4) is 0 Å². The summed E-state index contributed by atoms with van der Waals surface area (Å²) in [6, 6.07) is 8.43. The molecule has 1 aliphatic rings. The van der Waals surface area contributed by atoms with Gasteiger partial charge in [0.15, 0.2) is 0 Å². The second kappa shape index (κ2) is 8.65. The summed E-state index contributed by atoms with van der Waals surface area (Å²) in [5.41, 5.74) is 3.65. The van der Waals surface area contributed by atoms with Gasteiger partial charge in [0.05, 0.1) is 6.54 Å². The molecule has 2 unspecified atom stereocenters. The molecule has 1 aliphatic heterocycles. The van der Waals surface area contributed by atoms with E-state index in [1.54, 1.807) is 0 Å². The minimum absolute atomic E-state index is 0.0273. The molecule has 0 saturated carbocycles. The number of aromatic amines is 1. The topological polar surface area (TPSA) is 86.5 Å². The zero-order chi connectivity index (χ0) is 23.0. The van der Waals surface area contributed by atoms with Crippen LogP contribution in [0.1, 0.15) is 82.8 Å². The van der Waals surface area contributed by atoms with Gasteiger partial charge in [-0.2, -0.15) is 5.16 Å². The van der Waals surface area contributed by atoms with Crippen molar-refractivity contribution in [2.75, 3.05) is 13.1 Å². The number of nitrogens with zero attached hydrogens (tertiary/aromatic N) is 1. The molecular weight excluding hydrogens is 392 g/mol. The van der Waals surface area contributed by atoms with Crippen molar-refractivity contribution in [3.63, 3.8) is 0 Å². The van der Waals surface area contributed by atoms with Crippen LogP contribution in [0.4, 0.5) is 0 Å². The van der Waals surface area contributed by atoms with Gasteiger partial charge in [0.2, 0.25) is 0 Å². The van der Waals surface area contributed by atoms with Crippen LogP contribution >= 0.6 is 0 Å². The van der Waals surface area contributed by atoms with E-state index >= 15 is 0 Å². The molecule has 3 rings (SSSR count). The highest BCUT2D eigenvalue weighted by molar-refractivity contribution is 5.69. The molecule has 2 atom stereocenters. The molecule has 1 fully saturated rings. The van der Waals surface area contributed by atoms with Gasteiger partial charge in [0.25, 0.3) is 5.56 Å². The van der Waals surface area contributed by atoms with Gasteiger partial charge in [0.1, 0.15) is 5.76 Å². The molecule has 170 valence electrons. The van der Waals surface area contributed by atoms with E-state index in [1.807, 2.05) is 0 Å². The number of piperidine rings is 1. The molecule has 1 aromatic carbocycles. The van der Waals surface area contributed by atoms with E-state index in [-0.39, 0.29) is 34.9 Å². The number of aliphatic carboxylic acids is 1. The maximum absolute atomic E-state index is 11.5. The van der Waals surface area contributed by atoms with E-state index in [1.165, 1.54) is 22.8 Å². The highest BCUT2D eigenvalue weighted by atomic mass is 16.5. The van der Waals surface area contributed by atoms with Crippen LogP contribution in [0.25, 0.3) is 0 Å². The average Bonchev–Trinajstić information content (AvgIpc) is 3.07. The summed E-state index contributed by atoms with van der Waals surface area (Å²) in [5, 5.41) is 11.8. The van der Waals surface area contributed by atoms with E-state index < -0.39 is 5.97 Å². The van der Waals surface area contributed by atoms with Gasteiger partial charge in [0, 0.05) is 18.0 Å². The van der Waals surface area contributed by atoms with Crippen LogP contribution < -0.4 is 5.56 Å². The summed E-state index contributed by atoms with van der Waals surface area (Å²) in [6.45, 7) is 14.0. The van der Waals surface area contributed by atoms with Gasteiger partial charge >= 0.3 is 5.97 Å². The number of benzene rings is 1. The number of rotatable bonds is 5. The lowest BCUT2D eigenvalue weighted by Gasteiger charge is -2.38. The van der Waals surface area contributed by atoms with Gasteiger partial charge in [-0.15, -0.1) is 0 Å². The third-order valence-electron chi connectivity index (χ3n) is 6.32. The van der Waals surface area contributed by atoms with Crippen molar-refractivity contribution in [3.8, 4) is 0 Å². The minimum atomic E-state index is -0.810.